The molecule has 3 heterocycles. The molecule has 0 unspecified atom stereocenters. The van der Waals surface area contributed by atoms with E-state index in [9.17, 15) is 9.59 Å². The Morgan fingerprint density at radius 1 is 1.28 bits per heavy atom. The van der Waals surface area contributed by atoms with E-state index in [1.54, 1.807) is 12.4 Å². The highest BCUT2D eigenvalue weighted by molar-refractivity contribution is 5.89. The Morgan fingerprint density at radius 2 is 2.14 bits per heavy atom. The molecule has 0 bridgehead atoms. The van der Waals surface area contributed by atoms with Gasteiger partial charge in [0.2, 0.25) is 17.7 Å². The second-order valence-electron chi connectivity index (χ2n) is 7.17. The Bertz CT molecular complexity index is 991. The molecule has 0 aromatic carbocycles. The number of pyridine rings is 1. The van der Waals surface area contributed by atoms with Crippen LogP contribution in [0.3, 0.4) is 0 Å². The van der Waals surface area contributed by atoms with Crippen LogP contribution in [0.4, 0.5) is 5.82 Å². The Hall–Kier alpha value is -3.49. The summed E-state index contributed by atoms with van der Waals surface area (Å²) in [6, 6.07) is 7.57. The molecule has 1 fully saturated rings. The highest BCUT2D eigenvalue weighted by atomic mass is 16.4. The van der Waals surface area contributed by atoms with Gasteiger partial charge in [-0.1, -0.05) is 6.07 Å². The second kappa shape index (κ2) is 8.26. The molecule has 1 aliphatic rings. The maximum absolute atomic E-state index is 12.2. The number of H-pyrrole nitrogens is 1. The predicted molar refractivity (Wildman–Crippen MR) is 105 cm³/mol. The summed E-state index contributed by atoms with van der Waals surface area (Å²) < 4.78 is 5.66. The summed E-state index contributed by atoms with van der Waals surface area (Å²) in [6.07, 6.45) is 5.72. The molecule has 9 nitrogen and oxygen atoms in total. The van der Waals surface area contributed by atoms with Gasteiger partial charge in [0.05, 0.1) is 11.9 Å². The van der Waals surface area contributed by atoms with Crippen LogP contribution in [0.1, 0.15) is 43.6 Å². The number of nitrogens with zero attached hydrogens (tertiary/aromatic N) is 3. The molecule has 0 aliphatic heterocycles. The minimum absolute atomic E-state index is 0.0117. The second-order valence-corrected chi connectivity index (χ2v) is 7.17. The number of aromatic nitrogens is 4. The van der Waals surface area contributed by atoms with Crippen molar-refractivity contribution in [1.29, 1.82) is 0 Å². The summed E-state index contributed by atoms with van der Waals surface area (Å²) in [7, 11) is 0. The van der Waals surface area contributed by atoms with E-state index in [4.69, 9.17) is 4.42 Å². The molecule has 4 rings (SSSR count). The minimum atomic E-state index is -0.138. The van der Waals surface area contributed by atoms with Crippen LogP contribution in [-0.2, 0) is 16.0 Å². The summed E-state index contributed by atoms with van der Waals surface area (Å²) in [4.78, 5) is 31.7. The molecule has 0 spiro atoms. The Kier molecular flexibility index (Phi) is 5.37. The smallest absolute Gasteiger partial charge is 0.245 e. The van der Waals surface area contributed by atoms with Gasteiger partial charge < -0.3 is 15.1 Å². The van der Waals surface area contributed by atoms with Crippen LogP contribution in [-0.4, -0.2) is 38.0 Å². The fourth-order valence-electron chi connectivity index (χ4n) is 3.36. The predicted octanol–water partition coefficient (Wildman–Crippen LogP) is 2.41. The van der Waals surface area contributed by atoms with E-state index >= 15 is 0 Å². The molecule has 0 radical (unpaired) electrons. The zero-order valence-corrected chi connectivity index (χ0v) is 16.0. The van der Waals surface area contributed by atoms with Crippen LogP contribution in [0.15, 0.2) is 41.1 Å². The first-order valence-corrected chi connectivity index (χ1v) is 9.55. The van der Waals surface area contributed by atoms with Gasteiger partial charge in [-0.15, -0.1) is 0 Å². The zero-order chi connectivity index (χ0) is 20.2. The van der Waals surface area contributed by atoms with Crippen molar-refractivity contribution in [3.63, 3.8) is 0 Å². The van der Waals surface area contributed by atoms with Gasteiger partial charge in [0.25, 0.3) is 0 Å². The number of carbonyl (C=O) groups excluding carboxylic acids is 2. The summed E-state index contributed by atoms with van der Waals surface area (Å²) in [6.45, 7) is 1.52. The standard InChI is InChI=1S/C20H22N6O3/c1-12(27)23-14-8-13(9-14)17-10-18(26-25-17)24-19(28)6-5-15-11-22-20(29-15)16-4-2-3-7-21-16/h2-4,7,10-11,13-14H,5-6,8-9H2,1H3,(H,23,27)(H2,24,25,26,28)/t13-,14+. The van der Waals surface area contributed by atoms with Crippen LogP contribution in [0, 0.1) is 0 Å². The largest absolute Gasteiger partial charge is 0.440 e. The van der Waals surface area contributed by atoms with Gasteiger partial charge in [0.15, 0.2) is 0 Å². The molecule has 1 aliphatic carbocycles. The van der Waals surface area contributed by atoms with E-state index in [0.29, 0.717) is 35.5 Å². The van der Waals surface area contributed by atoms with Crippen molar-refractivity contribution in [2.45, 2.75) is 44.6 Å². The number of anilines is 1. The number of carbonyl (C=O) groups is 2. The first kappa shape index (κ1) is 18.9. The highest BCUT2D eigenvalue weighted by Crippen LogP contribution is 2.36. The normalized spacial score (nSPS) is 18.1. The molecular formula is C20H22N6O3. The fraction of sp³-hybridized carbons (Fsp3) is 0.350. The van der Waals surface area contributed by atoms with Gasteiger partial charge in [-0.25, -0.2) is 4.98 Å². The number of amides is 2. The van der Waals surface area contributed by atoms with Crippen LogP contribution in [0.25, 0.3) is 11.6 Å². The lowest BCUT2D eigenvalue weighted by molar-refractivity contribution is -0.120. The van der Waals surface area contributed by atoms with Gasteiger partial charge in [0.1, 0.15) is 17.3 Å². The molecule has 9 heteroatoms. The minimum Gasteiger partial charge on any atom is -0.440 e. The molecule has 3 aromatic rings. The van der Waals surface area contributed by atoms with Crippen LogP contribution >= 0.6 is 0 Å². The number of rotatable bonds is 7. The van der Waals surface area contributed by atoms with Crippen molar-refractivity contribution in [1.82, 2.24) is 25.5 Å². The molecule has 2 amide bonds. The van der Waals surface area contributed by atoms with Crippen molar-refractivity contribution in [3.8, 4) is 11.6 Å². The summed E-state index contributed by atoms with van der Waals surface area (Å²) in [5.74, 6) is 1.79. The van der Waals surface area contributed by atoms with Gasteiger partial charge in [0, 0.05) is 44.0 Å². The molecule has 0 atom stereocenters. The van der Waals surface area contributed by atoms with Crippen LogP contribution < -0.4 is 10.6 Å². The lowest BCUT2D eigenvalue weighted by Crippen LogP contribution is -2.42. The summed E-state index contributed by atoms with van der Waals surface area (Å²) in [5, 5.41) is 12.8. The first-order chi connectivity index (χ1) is 14.1. The molecule has 150 valence electrons. The van der Waals surface area contributed by atoms with Crippen molar-refractivity contribution in [2.24, 2.45) is 0 Å². The average Bonchev–Trinajstić information content (AvgIpc) is 3.33. The van der Waals surface area contributed by atoms with Crippen molar-refractivity contribution >= 4 is 17.6 Å². The average molecular weight is 394 g/mol. The lowest BCUT2D eigenvalue weighted by atomic mass is 9.78. The SMILES string of the molecule is CC(=O)N[C@H]1C[C@@H](c2cc(NC(=O)CCc3cnc(-c4ccccn4)o3)[nH]n2)C1. The third-order valence-electron chi connectivity index (χ3n) is 4.87. The van der Waals surface area contributed by atoms with Gasteiger partial charge in [-0.05, 0) is 25.0 Å². The van der Waals surface area contributed by atoms with E-state index in [0.717, 1.165) is 18.5 Å². The fourth-order valence-corrected chi connectivity index (χ4v) is 3.36. The molecular weight excluding hydrogens is 372 g/mol. The highest BCUT2D eigenvalue weighted by Gasteiger charge is 2.32. The first-order valence-electron chi connectivity index (χ1n) is 9.55. The molecule has 3 N–H and O–H groups in total. The third-order valence-corrected chi connectivity index (χ3v) is 4.87. The molecule has 3 aromatic heterocycles. The van der Waals surface area contributed by atoms with E-state index in [2.05, 4.69) is 30.8 Å². The summed E-state index contributed by atoms with van der Waals surface area (Å²) in [5.41, 5.74) is 1.56. The number of hydrogen-bond donors (Lipinski definition) is 3. The number of aromatic amines is 1. The molecule has 0 saturated heterocycles. The Morgan fingerprint density at radius 3 is 2.90 bits per heavy atom. The maximum atomic E-state index is 12.2. The quantitative estimate of drug-likeness (QED) is 0.565. The molecule has 1 saturated carbocycles. The van der Waals surface area contributed by atoms with Gasteiger partial charge >= 0.3 is 0 Å². The number of aryl methyl sites for hydroxylation is 1. The Balaban J connectivity index is 1.24. The monoisotopic (exact) mass is 394 g/mol. The van der Waals surface area contributed by atoms with Crippen LogP contribution in [0.2, 0.25) is 0 Å². The number of hydrogen-bond acceptors (Lipinski definition) is 6. The van der Waals surface area contributed by atoms with Crippen LogP contribution in [0.5, 0.6) is 0 Å². The van der Waals surface area contributed by atoms with Crippen molar-refractivity contribution < 1.29 is 14.0 Å². The topological polar surface area (TPSA) is 126 Å². The van der Waals surface area contributed by atoms with Gasteiger partial charge in [-0.3, -0.25) is 19.7 Å². The number of nitrogens with one attached hydrogen (secondary N) is 3. The van der Waals surface area contributed by atoms with Gasteiger partial charge in [-0.2, -0.15) is 5.10 Å². The zero-order valence-electron chi connectivity index (χ0n) is 16.0. The number of oxazole rings is 1. The van der Waals surface area contributed by atoms with E-state index in [1.807, 2.05) is 24.3 Å². The van der Waals surface area contributed by atoms with Crippen molar-refractivity contribution in [2.75, 3.05) is 5.32 Å². The van der Waals surface area contributed by atoms with Crippen molar-refractivity contribution in [3.05, 3.63) is 48.1 Å². The Labute approximate surface area is 167 Å². The van der Waals surface area contributed by atoms with E-state index in [1.165, 1.54) is 6.92 Å². The van der Waals surface area contributed by atoms with E-state index < -0.39 is 0 Å². The maximum Gasteiger partial charge on any atom is 0.245 e. The third kappa shape index (κ3) is 4.68. The lowest BCUT2D eigenvalue weighted by Gasteiger charge is -2.34. The van der Waals surface area contributed by atoms with E-state index in [-0.39, 0.29) is 24.3 Å². The summed E-state index contributed by atoms with van der Waals surface area (Å²) >= 11 is 0. The molecule has 29 heavy (non-hydrogen) atoms.